The van der Waals surface area contributed by atoms with E-state index in [1.807, 2.05) is 13.8 Å². The molecule has 0 saturated heterocycles. The molecule has 0 radical (unpaired) electrons. The van der Waals surface area contributed by atoms with Crippen molar-refractivity contribution < 1.29 is 38.1 Å². The Balaban J connectivity index is 2.29. The van der Waals surface area contributed by atoms with Crippen molar-refractivity contribution in [2.45, 2.75) is 65.2 Å². The van der Waals surface area contributed by atoms with Crippen LogP contribution in [0, 0.1) is 0 Å². The van der Waals surface area contributed by atoms with Crippen molar-refractivity contribution in [2.24, 2.45) is 0 Å². The van der Waals surface area contributed by atoms with Gasteiger partial charge in [-0.15, -0.1) is 0 Å². The molecule has 0 N–H and O–H groups in total. The Morgan fingerprint density at radius 1 is 0.548 bits per heavy atom. The van der Waals surface area contributed by atoms with E-state index in [-0.39, 0.29) is 43.3 Å². The molecule has 0 atom stereocenters. The van der Waals surface area contributed by atoms with Gasteiger partial charge in [0, 0.05) is 0 Å². The van der Waals surface area contributed by atoms with Gasteiger partial charge >= 0.3 is 23.9 Å². The quantitative estimate of drug-likeness (QED) is 0.0630. The van der Waals surface area contributed by atoms with Gasteiger partial charge in [-0.25, -0.2) is 19.2 Å². The van der Waals surface area contributed by atoms with E-state index >= 15 is 0 Å². The van der Waals surface area contributed by atoms with Gasteiger partial charge in [0.25, 0.3) is 0 Å². The van der Waals surface area contributed by atoms with Crippen LogP contribution in [-0.2, 0) is 19.1 Å². The molecule has 2 rings (SSSR count). The van der Waals surface area contributed by atoms with Crippen molar-refractivity contribution in [2.75, 3.05) is 13.2 Å². The number of esters is 4. The van der Waals surface area contributed by atoms with Crippen LogP contribution in [-0.4, -0.2) is 37.1 Å². The average molecular weight is 705 g/mol. The summed E-state index contributed by atoms with van der Waals surface area (Å²) in [5.41, 5.74) is -0.934. The maximum Gasteiger partial charge on any atom is 0.423 e. The summed E-state index contributed by atoms with van der Waals surface area (Å²) in [5.74, 6) is -6.42. The molecule has 42 heavy (non-hydrogen) atoms. The predicted octanol–water partition coefficient (Wildman–Crippen LogP) is 9.59. The molecule has 8 nitrogen and oxygen atoms in total. The first-order chi connectivity index (χ1) is 19.9. The summed E-state index contributed by atoms with van der Waals surface area (Å²) in [6.07, 6.45) is 6.69. The number of hydrogen-bond donors (Lipinski definition) is 0. The molecule has 0 amide bonds. The van der Waals surface area contributed by atoms with Gasteiger partial charge in [-0.05, 0) is 25.0 Å². The molecule has 2 aromatic rings. The molecular formula is C28H28Cl6O8. The van der Waals surface area contributed by atoms with Crippen molar-refractivity contribution in [3.8, 4) is 11.5 Å². The maximum absolute atomic E-state index is 12.8. The average Bonchev–Trinajstić information content (AvgIpc) is 2.94. The summed E-state index contributed by atoms with van der Waals surface area (Å²) >= 11 is 36.9. The highest BCUT2D eigenvalue weighted by atomic mass is 35.5. The maximum atomic E-state index is 12.8. The SMILES string of the molecule is CCCCCCOC(=O)c1c(Cl)c(Cl)cc(Cl)c1OC(=O)C(=O)Oc1c(Cl)cc(Cl)c(Cl)c1C(=O)OCCCCCC. The number of hydrogen-bond acceptors (Lipinski definition) is 8. The molecule has 0 saturated carbocycles. The molecule has 0 bridgehead atoms. The minimum atomic E-state index is -1.65. The van der Waals surface area contributed by atoms with Crippen molar-refractivity contribution in [1.82, 2.24) is 0 Å². The highest BCUT2D eigenvalue weighted by Gasteiger charge is 2.32. The van der Waals surface area contributed by atoms with Crippen molar-refractivity contribution >= 4 is 93.5 Å². The summed E-state index contributed by atoms with van der Waals surface area (Å²) in [5, 5.41) is -1.50. The molecule has 14 heteroatoms. The van der Waals surface area contributed by atoms with Crippen LogP contribution in [0.15, 0.2) is 12.1 Å². The molecule has 0 fully saturated rings. The second-order valence-electron chi connectivity index (χ2n) is 8.89. The van der Waals surface area contributed by atoms with Gasteiger partial charge in [0.15, 0.2) is 11.5 Å². The lowest BCUT2D eigenvalue weighted by Gasteiger charge is -2.15. The number of halogens is 6. The highest BCUT2D eigenvalue weighted by Crippen LogP contribution is 2.41. The summed E-state index contributed by atoms with van der Waals surface area (Å²) < 4.78 is 20.7. The summed E-state index contributed by atoms with van der Waals surface area (Å²) in [4.78, 5) is 51.2. The van der Waals surface area contributed by atoms with Gasteiger partial charge in [-0.2, -0.15) is 0 Å². The monoisotopic (exact) mass is 702 g/mol. The normalized spacial score (nSPS) is 10.8. The Morgan fingerprint density at radius 2 is 0.905 bits per heavy atom. The summed E-state index contributed by atoms with van der Waals surface area (Å²) in [6.45, 7) is 4.18. The molecule has 0 aromatic heterocycles. The number of rotatable bonds is 14. The van der Waals surface area contributed by atoms with Gasteiger partial charge in [-0.1, -0.05) is 122 Å². The van der Waals surface area contributed by atoms with Crippen molar-refractivity contribution in [3.63, 3.8) is 0 Å². The fourth-order valence-corrected chi connectivity index (χ4v) is 4.96. The Kier molecular flexibility index (Phi) is 15.5. The minimum absolute atomic E-state index is 0.0576. The smallest absolute Gasteiger partial charge is 0.423 e. The van der Waals surface area contributed by atoms with Gasteiger partial charge in [-0.3, -0.25) is 0 Å². The fourth-order valence-electron chi connectivity index (χ4n) is 3.52. The van der Waals surface area contributed by atoms with E-state index in [9.17, 15) is 19.2 Å². The number of carbonyl (C=O) groups is 4. The third-order valence-electron chi connectivity index (χ3n) is 5.68. The predicted molar refractivity (Wildman–Crippen MR) is 163 cm³/mol. The van der Waals surface area contributed by atoms with Crippen LogP contribution in [0.3, 0.4) is 0 Å². The Morgan fingerprint density at radius 3 is 1.24 bits per heavy atom. The van der Waals surface area contributed by atoms with E-state index in [1.54, 1.807) is 0 Å². The number of unbranched alkanes of at least 4 members (excludes halogenated alkanes) is 6. The van der Waals surface area contributed by atoms with E-state index < -0.39 is 46.5 Å². The molecule has 0 aliphatic heterocycles. The number of carbonyl (C=O) groups excluding carboxylic acids is 4. The van der Waals surface area contributed by atoms with E-state index in [2.05, 4.69) is 0 Å². The molecule has 0 heterocycles. The van der Waals surface area contributed by atoms with E-state index in [0.29, 0.717) is 12.8 Å². The van der Waals surface area contributed by atoms with Gasteiger partial charge in [0.05, 0.1) is 43.3 Å². The van der Waals surface area contributed by atoms with Gasteiger partial charge in [0.2, 0.25) is 0 Å². The van der Waals surface area contributed by atoms with Gasteiger partial charge in [0.1, 0.15) is 11.1 Å². The van der Waals surface area contributed by atoms with E-state index in [0.717, 1.165) is 50.7 Å². The third kappa shape index (κ3) is 10.1. The first kappa shape index (κ1) is 36.3. The van der Waals surface area contributed by atoms with E-state index in [1.165, 1.54) is 0 Å². The summed E-state index contributed by atoms with van der Waals surface area (Å²) in [6, 6.07) is 2.23. The largest absolute Gasteiger partial charge is 0.462 e. The minimum Gasteiger partial charge on any atom is -0.462 e. The third-order valence-corrected chi connectivity index (χ3v) is 7.82. The van der Waals surface area contributed by atoms with Crippen LogP contribution in [0.25, 0.3) is 0 Å². The second-order valence-corrected chi connectivity index (χ2v) is 11.3. The van der Waals surface area contributed by atoms with Crippen molar-refractivity contribution in [3.05, 3.63) is 53.4 Å². The van der Waals surface area contributed by atoms with Crippen LogP contribution in [0.4, 0.5) is 0 Å². The first-order valence-corrected chi connectivity index (χ1v) is 15.3. The molecule has 0 unspecified atom stereocenters. The highest BCUT2D eigenvalue weighted by molar-refractivity contribution is 6.47. The van der Waals surface area contributed by atoms with Gasteiger partial charge < -0.3 is 18.9 Å². The Bertz CT molecular complexity index is 1210. The molecule has 0 aliphatic carbocycles. The van der Waals surface area contributed by atoms with Crippen LogP contribution in [0.5, 0.6) is 11.5 Å². The Labute approximate surface area is 273 Å². The van der Waals surface area contributed by atoms with Crippen molar-refractivity contribution in [1.29, 1.82) is 0 Å². The van der Waals surface area contributed by atoms with Crippen LogP contribution in [0.2, 0.25) is 30.1 Å². The lowest BCUT2D eigenvalue weighted by Crippen LogP contribution is -2.27. The first-order valence-electron chi connectivity index (χ1n) is 13.1. The van der Waals surface area contributed by atoms with E-state index in [4.69, 9.17) is 88.6 Å². The van der Waals surface area contributed by atoms with Crippen LogP contribution < -0.4 is 9.47 Å². The lowest BCUT2D eigenvalue weighted by atomic mass is 10.2. The number of ether oxygens (including phenoxy) is 4. The fraction of sp³-hybridized carbons (Fsp3) is 0.429. The standard InChI is InChI=1S/C28H28Cl6O8/c1-3-5-7-9-11-39-25(35)19-21(33)15(29)13-17(31)23(19)41-27(37)28(38)42-24-18(32)14-16(30)22(34)20(24)26(36)40-12-10-8-6-4-2/h13-14H,3-12H2,1-2H3. The topological polar surface area (TPSA) is 105 Å². The van der Waals surface area contributed by atoms with Crippen LogP contribution >= 0.6 is 69.6 Å². The zero-order chi connectivity index (χ0) is 31.4. The Hall–Kier alpha value is -1.94. The van der Waals surface area contributed by atoms with Crippen LogP contribution in [0.1, 0.15) is 85.9 Å². The molecular weight excluding hydrogens is 677 g/mol. The molecule has 230 valence electrons. The lowest BCUT2D eigenvalue weighted by molar-refractivity contribution is -0.156. The summed E-state index contributed by atoms with van der Waals surface area (Å²) in [7, 11) is 0. The second kappa shape index (κ2) is 18.0. The molecule has 0 aliphatic rings. The zero-order valence-corrected chi connectivity index (χ0v) is 27.3. The number of benzene rings is 2. The molecule has 2 aromatic carbocycles. The zero-order valence-electron chi connectivity index (χ0n) is 22.8. The molecule has 0 spiro atoms.